The van der Waals surface area contributed by atoms with Crippen LogP contribution >= 0.6 is 11.6 Å². The number of methoxy groups -OCH3 is 1. The van der Waals surface area contributed by atoms with E-state index in [1.165, 1.54) is 13.2 Å². The van der Waals surface area contributed by atoms with E-state index in [1.54, 1.807) is 12.1 Å². The molecule has 0 aliphatic carbocycles. The number of oxazole rings is 1. The van der Waals surface area contributed by atoms with Crippen LogP contribution < -0.4 is 10.5 Å². The molecule has 2 rings (SSSR count). The summed E-state index contributed by atoms with van der Waals surface area (Å²) >= 11 is 5.85. The number of aromatic hydroxyl groups is 1. The van der Waals surface area contributed by atoms with Gasteiger partial charge in [0.05, 0.1) is 12.7 Å². The molecule has 0 saturated carbocycles. The van der Waals surface area contributed by atoms with E-state index in [1.807, 2.05) is 0 Å². The number of carbonyl (C=O) groups excluding carboxylic acids is 1. The summed E-state index contributed by atoms with van der Waals surface area (Å²) in [7, 11) is 1.42. The summed E-state index contributed by atoms with van der Waals surface area (Å²) in [5.41, 5.74) is 0.282. The molecule has 0 bridgehead atoms. The molecule has 1 N–H and O–H groups in total. The van der Waals surface area contributed by atoms with Crippen molar-refractivity contribution in [3.05, 3.63) is 33.8 Å². The second kappa shape index (κ2) is 4.81. The molecule has 0 saturated heterocycles. The Morgan fingerprint density at radius 2 is 2.16 bits per heavy atom. The van der Waals surface area contributed by atoms with Gasteiger partial charge < -0.3 is 14.3 Å². The lowest BCUT2D eigenvalue weighted by molar-refractivity contribution is 0.0920. The third kappa shape index (κ3) is 2.22. The molecule has 2 aromatic rings. The predicted octanol–water partition coefficient (Wildman–Crippen LogP) is 2.14. The molecule has 1 aromatic heterocycles. The average molecular weight is 284 g/mol. The van der Waals surface area contributed by atoms with E-state index >= 15 is 0 Å². The van der Waals surface area contributed by atoms with E-state index in [9.17, 15) is 14.7 Å². The zero-order chi connectivity index (χ0) is 14.2. The molecule has 0 aliphatic heterocycles. The Balaban J connectivity index is 2.73. The van der Waals surface area contributed by atoms with Crippen molar-refractivity contribution >= 4 is 17.5 Å². The van der Waals surface area contributed by atoms with Crippen molar-refractivity contribution < 1.29 is 19.1 Å². The molecule has 0 amide bonds. The fourth-order valence-corrected chi connectivity index (χ4v) is 1.85. The Labute approximate surface area is 112 Å². The highest BCUT2D eigenvalue weighted by atomic mass is 35.5. The Morgan fingerprint density at radius 3 is 2.68 bits per heavy atom. The highest BCUT2D eigenvalue weighted by Crippen LogP contribution is 2.36. The molecule has 6 nitrogen and oxygen atoms in total. The lowest BCUT2D eigenvalue weighted by Gasteiger charge is -2.06. The van der Waals surface area contributed by atoms with Gasteiger partial charge in [-0.15, -0.1) is 0 Å². The van der Waals surface area contributed by atoms with Crippen LogP contribution in [0.15, 0.2) is 27.4 Å². The number of hydrogen-bond acceptors (Lipinski definition) is 5. The maximum atomic E-state index is 11.5. The van der Waals surface area contributed by atoms with Gasteiger partial charge >= 0.3 is 5.76 Å². The van der Waals surface area contributed by atoms with Gasteiger partial charge in [0.25, 0.3) is 0 Å². The first-order valence-corrected chi connectivity index (χ1v) is 5.63. The number of halogens is 1. The zero-order valence-corrected chi connectivity index (χ0v) is 10.9. The summed E-state index contributed by atoms with van der Waals surface area (Å²) in [5.74, 6) is -2.03. The van der Waals surface area contributed by atoms with Crippen LogP contribution in [0.1, 0.15) is 11.7 Å². The number of hydrogen-bond donors (Lipinski definition) is 1. The van der Waals surface area contributed by atoms with Crippen LogP contribution in [0.2, 0.25) is 5.02 Å². The average Bonchev–Trinajstić information content (AvgIpc) is 2.64. The molecular weight excluding hydrogens is 274 g/mol. The van der Waals surface area contributed by atoms with Crippen molar-refractivity contribution in [1.29, 1.82) is 0 Å². The maximum Gasteiger partial charge on any atom is 0.429 e. The smallest absolute Gasteiger partial charge is 0.429 e. The van der Waals surface area contributed by atoms with Gasteiger partial charge in [-0.05, 0) is 18.2 Å². The first-order valence-electron chi connectivity index (χ1n) is 5.25. The predicted molar refractivity (Wildman–Crippen MR) is 67.9 cm³/mol. The van der Waals surface area contributed by atoms with Crippen LogP contribution in [-0.4, -0.2) is 22.7 Å². The van der Waals surface area contributed by atoms with Crippen LogP contribution in [0.5, 0.6) is 11.6 Å². The topological polar surface area (TPSA) is 81.7 Å². The second-order valence-corrected chi connectivity index (χ2v) is 4.16. The monoisotopic (exact) mass is 283 g/mol. The van der Waals surface area contributed by atoms with E-state index in [-0.39, 0.29) is 11.3 Å². The van der Waals surface area contributed by atoms with E-state index in [4.69, 9.17) is 20.8 Å². The molecular formula is C12H10ClNO5. The Kier molecular flexibility index (Phi) is 3.35. The van der Waals surface area contributed by atoms with E-state index in [0.29, 0.717) is 15.3 Å². The number of nitrogens with zero attached hydrogens (tertiary/aromatic N) is 1. The summed E-state index contributed by atoms with van der Waals surface area (Å²) < 4.78 is 10.5. The minimum Gasteiger partial charge on any atom is -0.496 e. The second-order valence-electron chi connectivity index (χ2n) is 3.72. The van der Waals surface area contributed by atoms with E-state index < -0.39 is 17.5 Å². The van der Waals surface area contributed by atoms with Crippen LogP contribution in [0.3, 0.4) is 0 Å². The van der Waals surface area contributed by atoms with Gasteiger partial charge in [-0.25, -0.2) is 4.79 Å². The lowest BCUT2D eigenvalue weighted by Crippen LogP contribution is -2.18. The molecule has 0 spiro atoms. The van der Waals surface area contributed by atoms with Crippen molar-refractivity contribution in [2.45, 2.75) is 6.92 Å². The SMILES string of the molecule is COc1ccc(Cl)cc1-c1oc(=O)n(C(C)=O)c1O. The molecule has 7 heteroatoms. The van der Waals surface area contributed by atoms with Gasteiger partial charge in [-0.3, -0.25) is 4.79 Å². The van der Waals surface area contributed by atoms with Crippen LogP contribution in [-0.2, 0) is 0 Å². The number of rotatable bonds is 2. The summed E-state index contributed by atoms with van der Waals surface area (Å²) in [6, 6.07) is 4.60. The van der Waals surface area contributed by atoms with Crippen LogP contribution in [0.4, 0.5) is 0 Å². The molecule has 0 atom stereocenters. The lowest BCUT2D eigenvalue weighted by atomic mass is 10.1. The summed E-state index contributed by atoms with van der Waals surface area (Å²) in [6.07, 6.45) is 0. The third-order valence-corrected chi connectivity index (χ3v) is 2.74. The van der Waals surface area contributed by atoms with Crippen molar-refractivity contribution in [2.24, 2.45) is 0 Å². The highest BCUT2D eigenvalue weighted by Gasteiger charge is 2.22. The standard InChI is InChI=1S/C12H10ClNO5/c1-6(15)14-11(16)10(19-12(14)17)8-5-7(13)3-4-9(8)18-2/h3-5,16H,1-2H3. The molecule has 0 fully saturated rings. The fraction of sp³-hybridized carbons (Fsp3) is 0.167. The minimum atomic E-state index is -0.970. The molecule has 0 aliphatic rings. The van der Waals surface area contributed by atoms with Gasteiger partial charge in [-0.2, -0.15) is 4.57 Å². The minimum absolute atomic E-state index is 0.167. The normalized spacial score (nSPS) is 10.5. The summed E-state index contributed by atoms with van der Waals surface area (Å²) in [5, 5.41) is 10.3. The van der Waals surface area contributed by atoms with Gasteiger partial charge in [0.2, 0.25) is 17.5 Å². The van der Waals surface area contributed by atoms with Gasteiger partial charge in [0, 0.05) is 11.9 Å². The largest absolute Gasteiger partial charge is 0.496 e. The number of ether oxygens (including phenoxy) is 1. The van der Waals surface area contributed by atoms with E-state index in [0.717, 1.165) is 6.92 Å². The molecule has 1 heterocycles. The van der Waals surface area contributed by atoms with Crippen molar-refractivity contribution in [1.82, 2.24) is 4.57 Å². The Bertz CT molecular complexity index is 701. The molecule has 19 heavy (non-hydrogen) atoms. The quantitative estimate of drug-likeness (QED) is 0.913. The van der Waals surface area contributed by atoms with Crippen molar-refractivity contribution in [3.63, 3.8) is 0 Å². The Hall–Kier alpha value is -2.21. The number of benzene rings is 1. The van der Waals surface area contributed by atoms with E-state index in [2.05, 4.69) is 0 Å². The summed E-state index contributed by atoms with van der Waals surface area (Å²) in [4.78, 5) is 22.7. The molecule has 100 valence electrons. The highest BCUT2D eigenvalue weighted by molar-refractivity contribution is 6.31. The molecule has 0 radical (unpaired) electrons. The fourth-order valence-electron chi connectivity index (χ4n) is 1.68. The first kappa shape index (κ1) is 13.2. The zero-order valence-electron chi connectivity index (χ0n) is 10.1. The van der Waals surface area contributed by atoms with Gasteiger partial charge in [-0.1, -0.05) is 11.6 Å². The third-order valence-electron chi connectivity index (χ3n) is 2.51. The Morgan fingerprint density at radius 1 is 1.47 bits per heavy atom. The summed E-state index contributed by atoms with van der Waals surface area (Å²) in [6.45, 7) is 1.13. The molecule has 1 aromatic carbocycles. The van der Waals surface area contributed by atoms with Crippen LogP contribution in [0, 0.1) is 0 Å². The van der Waals surface area contributed by atoms with Crippen LogP contribution in [0.25, 0.3) is 11.3 Å². The van der Waals surface area contributed by atoms with Crippen molar-refractivity contribution in [2.75, 3.05) is 7.11 Å². The number of aromatic nitrogens is 1. The first-order chi connectivity index (χ1) is 8.95. The van der Waals surface area contributed by atoms with Crippen molar-refractivity contribution in [3.8, 4) is 23.0 Å². The molecule has 0 unspecified atom stereocenters. The number of carbonyl (C=O) groups is 1. The van der Waals surface area contributed by atoms with Gasteiger partial charge in [0.1, 0.15) is 5.75 Å². The maximum absolute atomic E-state index is 11.5. The van der Waals surface area contributed by atoms with Gasteiger partial charge in [0.15, 0.2) is 0 Å².